The topological polar surface area (TPSA) is 201 Å². The average molecular weight is 222 g/mol. The molecule has 0 unspecified atom stereocenters. The summed E-state index contributed by atoms with van der Waals surface area (Å²) in [6.07, 6.45) is 0. The average Bonchev–Trinajstić information content (AvgIpc) is 0.722. The van der Waals surface area contributed by atoms with Crippen molar-refractivity contribution in [2.24, 2.45) is 0 Å². The summed E-state index contributed by atoms with van der Waals surface area (Å²) in [5.74, 6) is 0. The molecule has 0 fully saturated rings. The zero-order valence-electron chi connectivity index (χ0n) is 4.53. The summed E-state index contributed by atoms with van der Waals surface area (Å²) in [5.41, 5.74) is 0. The van der Waals surface area contributed by atoms with E-state index in [-0.39, 0.29) is 39.3 Å². The fraction of sp³-hybridized carbons (Fsp3) is 0. The Bertz CT molecular complexity index is 92.4. The number of rotatable bonds is 0. The van der Waals surface area contributed by atoms with Crippen LogP contribution in [-0.4, -0.2) is 39.4 Å². The Morgan fingerprint density at radius 1 is 0.800 bits per heavy atom. The SMILES string of the molecule is O.O.O.O.O=S(=O)(O)O.[Cr]. The van der Waals surface area contributed by atoms with E-state index in [9.17, 15) is 0 Å². The Kier molecular flexibility index (Phi) is 78.3. The molecule has 0 saturated carbocycles. The molecule has 0 radical (unpaired) electrons. The molecule has 0 aromatic heterocycles. The number of hydrogen-bond donors (Lipinski definition) is 2. The molecule has 0 aliphatic rings. The van der Waals surface area contributed by atoms with Crippen LogP contribution in [0.1, 0.15) is 0 Å². The van der Waals surface area contributed by atoms with E-state index in [1.807, 2.05) is 0 Å². The van der Waals surface area contributed by atoms with Crippen LogP contribution in [0.2, 0.25) is 0 Å². The first-order valence-electron chi connectivity index (χ1n) is 0.698. The smallest absolute Gasteiger partial charge is 0.394 e. The van der Waals surface area contributed by atoms with Crippen LogP contribution >= 0.6 is 0 Å². The van der Waals surface area contributed by atoms with E-state index in [4.69, 9.17) is 17.5 Å². The Morgan fingerprint density at radius 2 is 0.800 bits per heavy atom. The molecule has 0 aliphatic carbocycles. The molecule has 70 valence electrons. The molecule has 0 bridgehead atoms. The van der Waals surface area contributed by atoms with Crippen LogP contribution in [0.15, 0.2) is 0 Å². The summed E-state index contributed by atoms with van der Waals surface area (Å²) in [6.45, 7) is 0. The van der Waals surface area contributed by atoms with E-state index in [2.05, 4.69) is 0 Å². The van der Waals surface area contributed by atoms with Crippen molar-refractivity contribution in [2.75, 3.05) is 0 Å². The largest absolute Gasteiger partial charge is 0.412 e. The summed E-state index contributed by atoms with van der Waals surface area (Å²) in [4.78, 5) is 0. The molecule has 0 spiro atoms. The van der Waals surface area contributed by atoms with Crippen molar-refractivity contribution in [1.29, 1.82) is 0 Å². The van der Waals surface area contributed by atoms with Gasteiger partial charge < -0.3 is 21.9 Å². The summed E-state index contributed by atoms with van der Waals surface area (Å²) in [7, 11) is -4.67. The minimum absolute atomic E-state index is 0. The van der Waals surface area contributed by atoms with Gasteiger partial charge in [0, 0.05) is 17.4 Å². The van der Waals surface area contributed by atoms with E-state index in [0.717, 1.165) is 0 Å². The first-order chi connectivity index (χ1) is 2.00. The van der Waals surface area contributed by atoms with Crippen molar-refractivity contribution < 1.29 is 56.8 Å². The second kappa shape index (κ2) is 16.1. The van der Waals surface area contributed by atoms with E-state index in [1.165, 1.54) is 0 Å². The minimum Gasteiger partial charge on any atom is -0.412 e. The van der Waals surface area contributed by atoms with Crippen molar-refractivity contribution in [2.45, 2.75) is 0 Å². The molecule has 10 heavy (non-hydrogen) atoms. The van der Waals surface area contributed by atoms with E-state index in [1.54, 1.807) is 0 Å². The molecule has 10 N–H and O–H groups in total. The van der Waals surface area contributed by atoms with Gasteiger partial charge in [0.25, 0.3) is 0 Å². The summed E-state index contributed by atoms with van der Waals surface area (Å²) in [5, 5.41) is 0. The van der Waals surface area contributed by atoms with Gasteiger partial charge in [0.2, 0.25) is 0 Å². The predicted octanol–water partition coefficient (Wildman–Crippen LogP) is -3.95. The van der Waals surface area contributed by atoms with Gasteiger partial charge in [0.15, 0.2) is 0 Å². The molecule has 10 heteroatoms. The van der Waals surface area contributed by atoms with Crippen molar-refractivity contribution in [3.8, 4) is 0 Å². The quantitative estimate of drug-likeness (QED) is 0.393. The fourth-order valence-electron chi connectivity index (χ4n) is 0. The van der Waals surface area contributed by atoms with Crippen LogP contribution in [0.5, 0.6) is 0 Å². The molecule has 0 aromatic carbocycles. The zero-order valence-corrected chi connectivity index (χ0v) is 6.62. The monoisotopic (exact) mass is 222 g/mol. The van der Waals surface area contributed by atoms with Gasteiger partial charge in [-0.3, -0.25) is 9.11 Å². The summed E-state index contributed by atoms with van der Waals surface area (Å²) >= 11 is 0. The second-order valence-corrected chi connectivity index (χ2v) is 1.34. The van der Waals surface area contributed by atoms with Crippen molar-refractivity contribution in [3.63, 3.8) is 0 Å². The third-order valence-corrected chi connectivity index (χ3v) is 0. The molecule has 0 rings (SSSR count). The molecule has 0 aliphatic heterocycles. The Hall–Kier alpha value is 0.242. The molecule has 0 amide bonds. The maximum absolute atomic E-state index is 8.74. The van der Waals surface area contributed by atoms with Crippen LogP contribution in [0.25, 0.3) is 0 Å². The van der Waals surface area contributed by atoms with Gasteiger partial charge >= 0.3 is 10.4 Å². The van der Waals surface area contributed by atoms with Gasteiger partial charge in [-0.05, 0) is 0 Å². The molecular weight excluding hydrogens is 212 g/mol. The molecule has 8 nitrogen and oxygen atoms in total. The van der Waals surface area contributed by atoms with Crippen molar-refractivity contribution >= 4 is 10.4 Å². The Balaban J connectivity index is -0.00000000800. The van der Waals surface area contributed by atoms with Gasteiger partial charge in [-0.25, -0.2) is 0 Å². The summed E-state index contributed by atoms with van der Waals surface area (Å²) in [6, 6.07) is 0. The van der Waals surface area contributed by atoms with Crippen molar-refractivity contribution in [3.05, 3.63) is 0 Å². The van der Waals surface area contributed by atoms with Gasteiger partial charge in [-0.15, -0.1) is 0 Å². The first-order valence-corrected chi connectivity index (χ1v) is 2.10. The molecule has 0 saturated heterocycles. The third kappa shape index (κ3) is 7350. The zero-order chi connectivity index (χ0) is 4.50. The van der Waals surface area contributed by atoms with Crippen LogP contribution in [-0.2, 0) is 27.8 Å². The van der Waals surface area contributed by atoms with Crippen molar-refractivity contribution in [1.82, 2.24) is 0 Å². The van der Waals surface area contributed by atoms with Crippen LogP contribution < -0.4 is 0 Å². The molecule has 0 aromatic rings. The van der Waals surface area contributed by atoms with E-state index >= 15 is 0 Å². The fourth-order valence-corrected chi connectivity index (χ4v) is 0. The Morgan fingerprint density at radius 3 is 0.800 bits per heavy atom. The predicted molar refractivity (Wildman–Crippen MR) is 28.6 cm³/mol. The number of hydrogen-bond acceptors (Lipinski definition) is 2. The Labute approximate surface area is 67.8 Å². The normalized spacial score (nSPS) is 5.80. The van der Waals surface area contributed by atoms with Crippen LogP contribution in [0, 0.1) is 0 Å². The maximum Gasteiger partial charge on any atom is 0.394 e. The minimum atomic E-state index is -4.67. The molecular formula is H10CrO8S. The van der Waals surface area contributed by atoms with Gasteiger partial charge in [-0.2, -0.15) is 8.42 Å². The van der Waals surface area contributed by atoms with Gasteiger partial charge in [-0.1, -0.05) is 0 Å². The van der Waals surface area contributed by atoms with Crippen LogP contribution in [0.4, 0.5) is 0 Å². The second-order valence-electron chi connectivity index (χ2n) is 0.448. The van der Waals surface area contributed by atoms with Gasteiger partial charge in [0.05, 0.1) is 0 Å². The van der Waals surface area contributed by atoms with Gasteiger partial charge in [0.1, 0.15) is 0 Å². The third-order valence-electron chi connectivity index (χ3n) is 0. The standard InChI is InChI=1S/Cr.H2O4S.4H2O/c;1-5(2,3)4;;;;/h;(H2,1,2,3,4);4*1H2. The molecule has 0 atom stereocenters. The summed E-state index contributed by atoms with van der Waals surface area (Å²) < 4.78 is 31.6. The van der Waals surface area contributed by atoms with E-state index < -0.39 is 10.4 Å². The molecule has 0 heterocycles. The maximum atomic E-state index is 8.74. The van der Waals surface area contributed by atoms with Crippen LogP contribution in [0.3, 0.4) is 0 Å². The van der Waals surface area contributed by atoms with E-state index in [0.29, 0.717) is 0 Å². The first kappa shape index (κ1) is 48.6.